The molecule has 180 valence electrons. The van der Waals surface area contributed by atoms with Gasteiger partial charge in [-0.25, -0.2) is 9.59 Å². The molecule has 0 radical (unpaired) electrons. The molecule has 34 heavy (non-hydrogen) atoms. The Labute approximate surface area is 212 Å². The first kappa shape index (κ1) is 24.7. The summed E-state index contributed by atoms with van der Waals surface area (Å²) in [6, 6.07) is 7.28. The zero-order chi connectivity index (χ0) is 24.6. The molecule has 0 saturated carbocycles. The molecule has 1 saturated heterocycles. The fourth-order valence-electron chi connectivity index (χ4n) is 4.33. The van der Waals surface area contributed by atoms with Crippen molar-refractivity contribution >= 4 is 51.2 Å². The molecule has 0 bridgehead atoms. The Hall–Kier alpha value is -2.42. The van der Waals surface area contributed by atoms with Crippen LogP contribution in [0, 0.1) is 0 Å². The minimum absolute atomic E-state index is 0.227. The number of piperazine rings is 1. The highest BCUT2D eigenvalue weighted by molar-refractivity contribution is 9.10. The molecule has 1 atom stereocenters. The third-order valence-electron chi connectivity index (χ3n) is 5.81. The lowest BCUT2D eigenvalue weighted by Crippen LogP contribution is -2.51. The van der Waals surface area contributed by atoms with Gasteiger partial charge in [-0.05, 0) is 77.7 Å². The summed E-state index contributed by atoms with van der Waals surface area (Å²) in [5.41, 5.74) is 3.17. The Morgan fingerprint density at radius 1 is 1.15 bits per heavy atom. The average Bonchev–Trinajstić information content (AvgIpc) is 2.91. The summed E-state index contributed by atoms with van der Waals surface area (Å²) in [5, 5.41) is 0.530. The van der Waals surface area contributed by atoms with E-state index in [0.717, 1.165) is 21.3 Å². The number of hydrogen-bond acceptors (Lipinski definition) is 6. The van der Waals surface area contributed by atoms with Crippen molar-refractivity contribution in [3.8, 4) is 0 Å². The van der Waals surface area contributed by atoms with Gasteiger partial charge < -0.3 is 14.4 Å². The van der Waals surface area contributed by atoms with Gasteiger partial charge in [0.1, 0.15) is 5.60 Å². The largest absolute Gasteiger partial charge is 0.465 e. The molecule has 0 N–H and O–H groups in total. The highest BCUT2D eigenvalue weighted by atomic mass is 79.9. The number of ether oxygens (including phenoxy) is 2. The molecule has 1 aliphatic heterocycles. The number of aromatic nitrogens is 1. The smallest absolute Gasteiger partial charge is 0.410 e. The summed E-state index contributed by atoms with van der Waals surface area (Å²) in [7, 11) is 1.37. The van der Waals surface area contributed by atoms with Crippen molar-refractivity contribution in [3.63, 3.8) is 0 Å². The summed E-state index contributed by atoms with van der Waals surface area (Å²) in [6.07, 6.45) is 3.26. The predicted molar refractivity (Wildman–Crippen MR) is 134 cm³/mol. The van der Waals surface area contributed by atoms with Crippen molar-refractivity contribution in [1.82, 2.24) is 14.8 Å². The van der Waals surface area contributed by atoms with Crippen molar-refractivity contribution in [2.75, 3.05) is 33.3 Å². The first-order valence-electron chi connectivity index (χ1n) is 11.0. The zero-order valence-electron chi connectivity index (χ0n) is 19.6. The number of amides is 1. The second-order valence-electron chi connectivity index (χ2n) is 9.32. The first-order valence-corrected chi connectivity index (χ1v) is 12.2. The molecule has 1 aromatic carbocycles. The average molecular weight is 549 g/mol. The monoisotopic (exact) mass is 547 g/mol. The Balaban J connectivity index is 1.73. The van der Waals surface area contributed by atoms with E-state index in [1.807, 2.05) is 45.0 Å². The molecule has 9 heteroatoms. The fourth-order valence-corrected chi connectivity index (χ4v) is 4.85. The quantitative estimate of drug-likeness (QED) is 0.483. The molecular formula is C25H27BrClN3O4. The number of carbonyl (C=O) groups is 2. The van der Waals surface area contributed by atoms with E-state index in [4.69, 9.17) is 26.1 Å². The molecule has 2 heterocycles. The molecule has 2 aliphatic rings. The summed E-state index contributed by atoms with van der Waals surface area (Å²) in [4.78, 5) is 34.1. The number of esters is 1. The summed E-state index contributed by atoms with van der Waals surface area (Å²) < 4.78 is 11.4. The topological polar surface area (TPSA) is 72.0 Å². The summed E-state index contributed by atoms with van der Waals surface area (Å²) in [6.45, 7) is 7.88. The first-order chi connectivity index (χ1) is 16.1. The maximum absolute atomic E-state index is 12.8. The van der Waals surface area contributed by atoms with Crippen LogP contribution in [0.25, 0.3) is 11.6 Å². The lowest BCUT2D eigenvalue weighted by molar-refractivity contribution is -0.133. The number of halogens is 2. The number of benzene rings is 1. The standard InChI is InChI=1S/C25H27BrClN3O4/c1-25(2,3)34-24(32)30-9-7-29(8-10-30)22-18-6-5-17(27)13-19(18)20(23(31)33-4)12-15-11-16(26)14-28-21(15)22/h5-6,11-14,22H,7-10H2,1-4H3. The molecule has 0 spiro atoms. The number of carbonyl (C=O) groups excluding carboxylic acids is 2. The number of nitrogens with zero attached hydrogens (tertiary/aromatic N) is 3. The minimum Gasteiger partial charge on any atom is -0.465 e. The van der Waals surface area contributed by atoms with Gasteiger partial charge in [-0.1, -0.05) is 17.7 Å². The maximum atomic E-state index is 12.8. The van der Waals surface area contributed by atoms with Crippen LogP contribution in [0.2, 0.25) is 5.02 Å². The number of methoxy groups -OCH3 is 1. The molecule has 4 rings (SSSR count). The van der Waals surface area contributed by atoms with Gasteiger partial charge in [-0.15, -0.1) is 0 Å². The molecular weight excluding hydrogens is 522 g/mol. The van der Waals surface area contributed by atoms with Crippen LogP contribution >= 0.6 is 27.5 Å². The normalized spacial score (nSPS) is 18.4. The molecule has 1 fully saturated rings. The van der Waals surface area contributed by atoms with Crippen LogP contribution in [0.5, 0.6) is 0 Å². The minimum atomic E-state index is -0.542. The Bertz CT molecular complexity index is 1150. The van der Waals surface area contributed by atoms with Gasteiger partial charge in [0.25, 0.3) is 0 Å². The molecule has 1 amide bonds. The van der Waals surface area contributed by atoms with Crippen molar-refractivity contribution in [2.45, 2.75) is 32.4 Å². The lowest BCUT2D eigenvalue weighted by Gasteiger charge is -2.40. The van der Waals surface area contributed by atoms with E-state index in [1.165, 1.54) is 7.11 Å². The third-order valence-corrected chi connectivity index (χ3v) is 6.48. The van der Waals surface area contributed by atoms with E-state index < -0.39 is 11.6 Å². The van der Waals surface area contributed by atoms with Crippen molar-refractivity contribution in [2.24, 2.45) is 0 Å². The SMILES string of the molecule is COC(=O)C1=Cc2cc(Br)cnc2C(N2CCN(C(=O)OC(C)(C)C)CC2)c2ccc(Cl)cc21. The van der Waals surface area contributed by atoms with Gasteiger partial charge in [-0.3, -0.25) is 9.88 Å². The van der Waals surface area contributed by atoms with Crippen LogP contribution in [0.3, 0.4) is 0 Å². The molecule has 1 aliphatic carbocycles. The van der Waals surface area contributed by atoms with Gasteiger partial charge in [0, 0.05) is 41.9 Å². The van der Waals surface area contributed by atoms with Crippen molar-refractivity contribution in [3.05, 3.63) is 62.3 Å². The zero-order valence-corrected chi connectivity index (χ0v) is 21.9. The van der Waals surface area contributed by atoms with Gasteiger partial charge in [0.15, 0.2) is 0 Å². The van der Waals surface area contributed by atoms with Gasteiger partial charge in [-0.2, -0.15) is 0 Å². The summed E-state index contributed by atoms with van der Waals surface area (Å²) >= 11 is 9.85. The van der Waals surface area contributed by atoms with Crippen LogP contribution in [0.4, 0.5) is 4.79 Å². The lowest BCUT2D eigenvalue weighted by atomic mass is 9.93. The predicted octanol–water partition coefficient (Wildman–Crippen LogP) is 5.17. The second-order valence-corrected chi connectivity index (χ2v) is 10.7. The van der Waals surface area contributed by atoms with Crippen LogP contribution < -0.4 is 0 Å². The van der Waals surface area contributed by atoms with E-state index in [2.05, 4.69) is 20.8 Å². The molecule has 2 aromatic rings. The van der Waals surface area contributed by atoms with Crippen LogP contribution in [-0.4, -0.2) is 65.7 Å². The van der Waals surface area contributed by atoms with Crippen LogP contribution in [0.1, 0.15) is 49.2 Å². The van der Waals surface area contributed by atoms with E-state index in [0.29, 0.717) is 42.3 Å². The van der Waals surface area contributed by atoms with Gasteiger partial charge in [0.2, 0.25) is 0 Å². The van der Waals surface area contributed by atoms with E-state index in [-0.39, 0.29) is 12.1 Å². The highest BCUT2D eigenvalue weighted by Gasteiger charge is 2.35. The van der Waals surface area contributed by atoms with Crippen molar-refractivity contribution in [1.29, 1.82) is 0 Å². The van der Waals surface area contributed by atoms with E-state index in [1.54, 1.807) is 17.2 Å². The number of hydrogen-bond donors (Lipinski definition) is 0. The number of pyridine rings is 1. The van der Waals surface area contributed by atoms with Crippen molar-refractivity contribution < 1.29 is 19.1 Å². The maximum Gasteiger partial charge on any atom is 0.410 e. The Morgan fingerprint density at radius 3 is 2.50 bits per heavy atom. The van der Waals surface area contributed by atoms with Crippen LogP contribution in [-0.2, 0) is 14.3 Å². The summed E-state index contributed by atoms with van der Waals surface area (Å²) in [5.74, 6) is -0.440. The van der Waals surface area contributed by atoms with Crippen LogP contribution in [0.15, 0.2) is 34.9 Å². The van der Waals surface area contributed by atoms with E-state index in [9.17, 15) is 9.59 Å². The number of fused-ring (bicyclic) bond motifs is 2. The Morgan fingerprint density at radius 2 is 1.85 bits per heavy atom. The molecule has 1 aromatic heterocycles. The van der Waals surface area contributed by atoms with Gasteiger partial charge in [0.05, 0.1) is 24.4 Å². The third kappa shape index (κ3) is 5.14. The number of rotatable bonds is 2. The van der Waals surface area contributed by atoms with Gasteiger partial charge >= 0.3 is 12.1 Å². The second kappa shape index (κ2) is 9.68. The fraction of sp³-hybridized carbons (Fsp3) is 0.400. The van der Waals surface area contributed by atoms with E-state index >= 15 is 0 Å². The molecule has 7 nitrogen and oxygen atoms in total. The highest BCUT2D eigenvalue weighted by Crippen LogP contribution is 2.41. The molecule has 1 unspecified atom stereocenters. The Kier molecular flexibility index (Phi) is 7.03.